The Hall–Kier alpha value is -1.06. The molecule has 1 atom stereocenters. The SMILES string of the molecule is COC(=O)CC(CN)c1ccc(C)cc1.Cl. The van der Waals surface area contributed by atoms with Crippen LogP contribution in [-0.4, -0.2) is 19.6 Å². The number of benzene rings is 1. The van der Waals surface area contributed by atoms with Gasteiger partial charge in [-0.1, -0.05) is 29.8 Å². The highest BCUT2D eigenvalue weighted by Gasteiger charge is 2.14. The van der Waals surface area contributed by atoms with E-state index in [1.165, 1.54) is 12.7 Å². The summed E-state index contributed by atoms with van der Waals surface area (Å²) in [4.78, 5) is 11.1. The molecule has 0 heterocycles. The lowest BCUT2D eigenvalue weighted by Crippen LogP contribution is -2.17. The quantitative estimate of drug-likeness (QED) is 0.824. The summed E-state index contributed by atoms with van der Waals surface area (Å²) in [5.41, 5.74) is 7.93. The number of nitrogens with two attached hydrogens (primary N) is 1. The summed E-state index contributed by atoms with van der Waals surface area (Å²) < 4.78 is 4.63. The Bertz CT molecular complexity index is 324. The van der Waals surface area contributed by atoms with Crippen molar-refractivity contribution >= 4 is 18.4 Å². The predicted octanol–water partition coefficient (Wildman–Crippen LogP) is 2.02. The molecule has 90 valence electrons. The first-order chi connectivity index (χ1) is 7.17. The van der Waals surface area contributed by atoms with E-state index in [4.69, 9.17) is 5.73 Å². The van der Waals surface area contributed by atoms with E-state index in [0.717, 1.165) is 5.56 Å². The molecular formula is C12H18ClNO2. The van der Waals surface area contributed by atoms with Crippen molar-refractivity contribution in [2.75, 3.05) is 13.7 Å². The number of methoxy groups -OCH3 is 1. The van der Waals surface area contributed by atoms with Crippen LogP contribution in [-0.2, 0) is 9.53 Å². The Kier molecular flexibility index (Phi) is 6.77. The molecule has 0 spiro atoms. The van der Waals surface area contributed by atoms with Crippen molar-refractivity contribution < 1.29 is 9.53 Å². The monoisotopic (exact) mass is 243 g/mol. The smallest absolute Gasteiger partial charge is 0.306 e. The van der Waals surface area contributed by atoms with E-state index in [1.807, 2.05) is 31.2 Å². The molecule has 2 N–H and O–H groups in total. The van der Waals surface area contributed by atoms with Crippen molar-refractivity contribution in [3.8, 4) is 0 Å². The molecule has 0 saturated carbocycles. The van der Waals surface area contributed by atoms with Gasteiger partial charge in [-0.15, -0.1) is 12.4 Å². The fourth-order valence-corrected chi connectivity index (χ4v) is 1.46. The van der Waals surface area contributed by atoms with Crippen LogP contribution in [0.15, 0.2) is 24.3 Å². The maximum absolute atomic E-state index is 11.1. The summed E-state index contributed by atoms with van der Waals surface area (Å²) in [6, 6.07) is 8.07. The van der Waals surface area contributed by atoms with Crippen LogP contribution in [0.4, 0.5) is 0 Å². The van der Waals surface area contributed by atoms with E-state index in [-0.39, 0.29) is 24.3 Å². The van der Waals surface area contributed by atoms with E-state index >= 15 is 0 Å². The zero-order valence-electron chi connectivity index (χ0n) is 9.60. The van der Waals surface area contributed by atoms with Crippen molar-refractivity contribution in [3.63, 3.8) is 0 Å². The van der Waals surface area contributed by atoms with Crippen LogP contribution in [0.25, 0.3) is 0 Å². The highest BCUT2D eigenvalue weighted by atomic mass is 35.5. The number of hydrogen-bond donors (Lipinski definition) is 1. The summed E-state index contributed by atoms with van der Waals surface area (Å²) in [6.07, 6.45) is 0.343. The van der Waals surface area contributed by atoms with E-state index in [2.05, 4.69) is 4.74 Å². The normalized spacial score (nSPS) is 11.4. The molecule has 1 unspecified atom stereocenters. The van der Waals surface area contributed by atoms with Crippen molar-refractivity contribution in [1.29, 1.82) is 0 Å². The fourth-order valence-electron chi connectivity index (χ4n) is 1.46. The van der Waals surface area contributed by atoms with Gasteiger partial charge >= 0.3 is 5.97 Å². The van der Waals surface area contributed by atoms with Crippen LogP contribution >= 0.6 is 12.4 Å². The number of ether oxygens (including phenoxy) is 1. The molecule has 1 rings (SSSR count). The number of aryl methyl sites for hydroxylation is 1. The number of esters is 1. The highest BCUT2D eigenvalue weighted by molar-refractivity contribution is 5.85. The maximum Gasteiger partial charge on any atom is 0.306 e. The van der Waals surface area contributed by atoms with Gasteiger partial charge in [-0.25, -0.2) is 0 Å². The van der Waals surface area contributed by atoms with E-state index in [9.17, 15) is 4.79 Å². The summed E-state index contributed by atoms with van der Waals surface area (Å²) in [6.45, 7) is 2.49. The lowest BCUT2D eigenvalue weighted by atomic mass is 9.95. The standard InChI is InChI=1S/C12H17NO2.ClH/c1-9-3-5-10(6-4-9)11(8-13)7-12(14)15-2;/h3-6,11H,7-8,13H2,1-2H3;1H. The fraction of sp³-hybridized carbons (Fsp3) is 0.417. The average Bonchev–Trinajstić information content (AvgIpc) is 2.27. The Morgan fingerprint density at radius 3 is 2.38 bits per heavy atom. The van der Waals surface area contributed by atoms with Gasteiger partial charge < -0.3 is 10.5 Å². The molecule has 0 amide bonds. The summed E-state index contributed by atoms with van der Waals surface area (Å²) in [5, 5.41) is 0. The number of carbonyl (C=O) groups excluding carboxylic acids is 1. The average molecular weight is 244 g/mol. The first-order valence-corrected chi connectivity index (χ1v) is 5.00. The molecule has 16 heavy (non-hydrogen) atoms. The lowest BCUT2D eigenvalue weighted by molar-refractivity contribution is -0.141. The van der Waals surface area contributed by atoms with Gasteiger partial charge in [0, 0.05) is 5.92 Å². The number of carbonyl (C=O) groups is 1. The summed E-state index contributed by atoms with van der Waals surface area (Å²) in [5.74, 6) is -0.163. The topological polar surface area (TPSA) is 52.3 Å². The first-order valence-electron chi connectivity index (χ1n) is 5.00. The molecular weight excluding hydrogens is 226 g/mol. The van der Waals surface area contributed by atoms with Gasteiger partial charge in [-0.05, 0) is 19.0 Å². The van der Waals surface area contributed by atoms with Crippen molar-refractivity contribution in [2.24, 2.45) is 5.73 Å². The second-order valence-corrected chi connectivity index (χ2v) is 3.62. The molecule has 0 aliphatic carbocycles. The van der Waals surface area contributed by atoms with Crippen LogP contribution in [0.1, 0.15) is 23.5 Å². The number of rotatable bonds is 4. The summed E-state index contributed by atoms with van der Waals surface area (Å²) in [7, 11) is 1.39. The minimum absolute atomic E-state index is 0. The Balaban J connectivity index is 0.00000225. The molecule has 0 fully saturated rings. The second-order valence-electron chi connectivity index (χ2n) is 3.62. The molecule has 4 heteroatoms. The third kappa shape index (κ3) is 4.21. The van der Waals surface area contributed by atoms with Crippen molar-refractivity contribution in [3.05, 3.63) is 35.4 Å². The molecule has 0 radical (unpaired) electrons. The molecule has 0 aliphatic heterocycles. The van der Waals surface area contributed by atoms with E-state index < -0.39 is 0 Å². The van der Waals surface area contributed by atoms with Gasteiger partial charge in [0.1, 0.15) is 0 Å². The van der Waals surface area contributed by atoms with Gasteiger partial charge in [0.15, 0.2) is 0 Å². The first kappa shape index (κ1) is 14.9. The third-order valence-corrected chi connectivity index (χ3v) is 2.47. The van der Waals surface area contributed by atoms with Crippen LogP contribution in [0.5, 0.6) is 0 Å². The van der Waals surface area contributed by atoms with Crippen LogP contribution in [0.2, 0.25) is 0 Å². The summed E-state index contributed by atoms with van der Waals surface area (Å²) >= 11 is 0. The minimum atomic E-state index is -0.217. The van der Waals surface area contributed by atoms with Gasteiger partial charge in [0.25, 0.3) is 0 Å². The maximum atomic E-state index is 11.1. The minimum Gasteiger partial charge on any atom is -0.469 e. The Labute approximate surface area is 102 Å². The number of hydrogen-bond acceptors (Lipinski definition) is 3. The molecule has 0 saturated heterocycles. The molecule has 1 aromatic carbocycles. The highest BCUT2D eigenvalue weighted by Crippen LogP contribution is 2.19. The molecule has 3 nitrogen and oxygen atoms in total. The zero-order chi connectivity index (χ0) is 11.3. The molecule has 0 bridgehead atoms. The van der Waals surface area contributed by atoms with E-state index in [0.29, 0.717) is 13.0 Å². The third-order valence-electron chi connectivity index (χ3n) is 2.47. The van der Waals surface area contributed by atoms with E-state index in [1.54, 1.807) is 0 Å². The van der Waals surface area contributed by atoms with Crippen molar-refractivity contribution in [1.82, 2.24) is 0 Å². The zero-order valence-corrected chi connectivity index (χ0v) is 10.4. The van der Waals surface area contributed by atoms with Gasteiger partial charge in [0.2, 0.25) is 0 Å². The van der Waals surface area contributed by atoms with Gasteiger partial charge in [0.05, 0.1) is 13.5 Å². The second kappa shape index (κ2) is 7.25. The van der Waals surface area contributed by atoms with Crippen LogP contribution in [0.3, 0.4) is 0 Å². The van der Waals surface area contributed by atoms with Gasteiger partial charge in [-0.3, -0.25) is 4.79 Å². The molecule has 0 aliphatic rings. The largest absolute Gasteiger partial charge is 0.469 e. The predicted molar refractivity (Wildman–Crippen MR) is 66.9 cm³/mol. The van der Waals surface area contributed by atoms with Gasteiger partial charge in [-0.2, -0.15) is 0 Å². The van der Waals surface area contributed by atoms with Crippen molar-refractivity contribution in [2.45, 2.75) is 19.3 Å². The molecule has 0 aromatic heterocycles. The Morgan fingerprint density at radius 2 is 1.94 bits per heavy atom. The molecule has 1 aromatic rings. The van der Waals surface area contributed by atoms with Crippen LogP contribution < -0.4 is 5.73 Å². The lowest BCUT2D eigenvalue weighted by Gasteiger charge is -2.13. The number of halogens is 1. The Morgan fingerprint density at radius 1 is 1.38 bits per heavy atom. The van der Waals surface area contributed by atoms with Crippen LogP contribution in [0, 0.1) is 6.92 Å².